The molecule has 3 aromatic rings. The molecule has 3 heterocycles. The standard InChI is InChI=1S/C25H29N5O3.HI/c1-2-26-25(30-15-13-29(14-16-30)24(31)23-7-5-17-32-23)28-18-20-8-10-22(11-9-20)33-19-21-6-3-4-12-27-21;/h3-12,17H,2,13-16,18-19H2,1H3,(H,26,28);1H. The summed E-state index contributed by atoms with van der Waals surface area (Å²) in [5, 5.41) is 3.37. The Morgan fingerprint density at radius 1 is 1.06 bits per heavy atom. The molecule has 180 valence electrons. The fourth-order valence-electron chi connectivity index (χ4n) is 3.60. The van der Waals surface area contributed by atoms with E-state index in [0.717, 1.165) is 42.6 Å². The van der Waals surface area contributed by atoms with E-state index in [1.165, 1.54) is 6.26 Å². The maximum atomic E-state index is 12.5. The number of nitrogens with one attached hydrogen (secondary N) is 1. The number of hydrogen-bond donors (Lipinski definition) is 1. The Balaban J connectivity index is 0.00000324. The summed E-state index contributed by atoms with van der Waals surface area (Å²) < 4.78 is 11.0. The van der Waals surface area contributed by atoms with E-state index in [4.69, 9.17) is 14.1 Å². The average Bonchev–Trinajstić information content (AvgIpc) is 3.41. The van der Waals surface area contributed by atoms with E-state index in [9.17, 15) is 4.79 Å². The molecule has 4 rings (SSSR count). The molecule has 1 N–H and O–H groups in total. The largest absolute Gasteiger partial charge is 0.487 e. The van der Waals surface area contributed by atoms with Crippen LogP contribution in [-0.2, 0) is 13.2 Å². The van der Waals surface area contributed by atoms with Gasteiger partial charge in [0.2, 0.25) is 0 Å². The highest BCUT2D eigenvalue weighted by Crippen LogP contribution is 2.15. The number of carbonyl (C=O) groups is 1. The van der Waals surface area contributed by atoms with Crippen LogP contribution in [0.3, 0.4) is 0 Å². The van der Waals surface area contributed by atoms with Gasteiger partial charge in [0.15, 0.2) is 11.7 Å². The third-order valence-corrected chi connectivity index (χ3v) is 5.38. The van der Waals surface area contributed by atoms with Crippen LogP contribution in [-0.4, -0.2) is 59.4 Å². The number of pyridine rings is 1. The van der Waals surface area contributed by atoms with Crippen molar-refractivity contribution in [2.75, 3.05) is 32.7 Å². The second kappa shape index (κ2) is 13.0. The van der Waals surface area contributed by atoms with Crippen molar-refractivity contribution in [3.63, 3.8) is 0 Å². The summed E-state index contributed by atoms with van der Waals surface area (Å²) in [6.45, 7) is 6.55. The second-order valence-electron chi connectivity index (χ2n) is 7.68. The van der Waals surface area contributed by atoms with Crippen LogP contribution in [0, 0.1) is 0 Å². The third kappa shape index (κ3) is 6.96. The van der Waals surface area contributed by atoms with Crippen LogP contribution in [0.2, 0.25) is 0 Å². The molecule has 0 aliphatic carbocycles. The molecule has 8 nitrogen and oxygen atoms in total. The number of halogens is 1. The number of ether oxygens (including phenoxy) is 1. The molecule has 2 aromatic heterocycles. The summed E-state index contributed by atoms with van der Waals surface area (Å²) >= 11 is 0. The summed E-state index contributed by atoms with van der Waals surface area (Å²) in [7, 11) is 0. The molecule has 0 bridgehead atoms. The highest BCUT2D eigenvalue weighted by molar-refractivity contribution is 14.0. The number of hydrogen-bond acceptors (Lipinski definition) is 5. The molecule has 1 aliphatic heterocycles. The minimum atomic E-state index is -0.0630. The normalized spacial score (nSPS) is 13.9. The van der Waals surface area contributed by atoms with E-state index < -0.39 is 0 Å². The van der Waals surface area contributed by atoms with Gasteiger partial charge in [-0.3, -0.25) is 9.78 Å². The predicted octanol–water partition coefficient (Wildman–Crippen LogP) is 3.80. The molecule has 1 fully saturated rings. The fourth-order valence-corrected chi connectivity index (χ4v) is 3.60. The van der Waals surface area contributed by atoms with Crippen LogP contribution in [0.1, 0.15) is 28.7 Å². The van der Waals surface area contributed by atoms with Gasteiger partial charge in [-0.25, -0.2) is 4.99 Å². The monoisotopic (exact) mass is 575 g/mol. The van der Waals surface area contributed by atoms with Crippen molar-refractivity contribution in [2.24, 2.45) is 4.99 Å². The van der Waals surface area contributed by atoms with Crippen LogP contribution < -0.4 is 10.1 Å². The first kappa shape index (κ1) is 25.5. The van der Waals surface area contributed by atoms with E-state index in [-0.39, 0.29) is 29.9 Å². The zero-order valence-electron chi connectivity index (χ0n) is 19.2. The van der Waals surface area contributed by atoms with Gasteiger partial charge in [-0.1, -0.05) is 18.2 Å². The number of amides is 1. The number of rotatable bonds is 7. The van der Waals surface area contributed by atoms with Gasteiger partial charge in [0.25, 0.3) is 5.91 Å². The molecule has 1 saturated heterocycles. The highest BCUT2D eigenvalue weighted by Gasteiger charge is 2.25. The molecule has 0 radical (unpaired) electrons. The molecule has 0 atom stereocenters. The lowest BCUT2D eigenvalue weighted by Gasteiger charge is -2.36. The van der Waals surface area contributed by atoms with E-state index in [2.05, 4.69) is 22.1 Å². The first-order chi connectivity index (χ1) is 16.2. The minimum absolute atomic E-state index is 0. The molecule has 0 unspecified atom stereocenters. The Kier molecular flexibility index (Phi) is 9.75. The first-order valence-electron chi connectivity index (χ1n) is 11.2. The number of aromatic nitrogens is 1. The molecule has 1 aliphatic rings. The summed E-state index contributed by atoms with van der Waals surface area (Å²) in [5.41, 5.74) is 2.00. The number of nitrogens with zero attached hydrogens (tertiary/aromatic N) is 4. The lowest BCUT2D eigenvalue weighted by atomic mass is 10.2. The Labute approximate surface area is 217 Å². The van der Waals surface area contributed by atoms with Gasteiger partial charge in [-0.05, 0) is 48.9 Å². The van der Waals surface area contributed by atoms with Gasteiger partial charge in [-0.2, -0.15) is 0 Å². The minimum Gasteiger partial charge on any atom is -0.487 e. The number of piperazine rings is 1. The van der Waals surface area contributed by atoms with E-state index in [0.29, 0.717) is 32.0 Å². The van der Waals surface area contributed by atoms with Crippen LogP contribution >= 0.6 is 24.0 Å². The van der Waals surface area contributed by atoms with Gasteiger partial charge in [0.05, 0.1) is 18.5 Å². The van der Waals surface area contributed by atoms with Gasteiger partial charge in [0.1, 0.15) is 12.4 Å². The van der Waals surface area contributed by atoms with E-state index >= 15 is 0 Å². The van der Waals surface area contributed by atoms with Crippen molar-refractivity contribution in [1.82, 2.24) is 20.1 Å². The number of aliphatic imine (C=N–C) groups is 1. The SMILES string of the molecule is CCNC(=NCc1ccc(OCc2ccccn2)cc1)N1CCN(C(=O)c2ccco2)CC1.I. The zero-order chi connectivity index (χ0) is 22.9. The van der Waals surface area contributed by atoms with Gasteiger partial charge < -0.3 is 24.3 Å². The lowest BCUT2D eigenvalue weighted by Crippen LogP contribution is -2.53. The molecule has 0 spiro atoms. The smallest absolute Gasteiger partial charge is 0.289 e. The third-order valence-electron chi connectivity index (χ3n) is 5.38. The van der Waals surface area contributed by atoms with Gasteiger partial charge in [-0.15, -0.1) is 24.0 Å². The highest BCUT2D eigenvalue weighted by atomic mass is 127. The summed E-state index contributed by atoms with van der Waals surface area (Å²) in [4.78, 5) is 25.6. The lowest BCUT2D eigenvalue weighted by molar-refractivity contribution is 0.0657. The fraction of sp³-hybridized carbons (Fsp3) is 0.320. The summed E-state index contributed by atoms with van der Waals surface area (Å²) in [6.07, 6.45) is 3.29. The Morgan fingerprint density at radius 2 is 1.82 bits per heavy atom. The Hall–Kier alpha value is -3.08. The van der Waals surface area contributed by atoms with Crippen LogP contribution in [0.4, 0.5) is 0 Å². The summed E-state index contributed by atoms with van der Waals surface area (Å²) in [6, 6.07) is 17.2. The number of guanidine groups is 1. The van der Waals surface area contributed by atoms with E-state index in [1.54, 1.807) is 18.3 Å². The average molecular weight is 575 g/mol. The molecule has 1 aromatic carbocycles. The quantitative estimate of drug-likeness (QED) is 0.262. The van der Waals surface area contributed by atoms with Gasteiger partial charge >= 0.3 is 0 Å². The molecule has 0 saturated carbocycles. The molecule has 1 amide bonds. The second-order valence-corrected chi connectivity index (χ2v) is 7.68. The molecule has 34 heavy (non-hydrogen) atoms. The van der Waals surface area contributed by atoms with Crippen molar-refractivity contribution in [3.8, 4) is 5.75 Å². The Bertz CT molecular complexity index is 1030. The Morgan fingerprint density at radius 3 is 2.47 bits per heavy atom. The zero-order valence-corrected chi connectivity index (χ0v) is 21.6. The van der Waals surface area contributed by atoms with Crippen molar-refractivity contribution in [2.45, 2.75) is 20.1 Å². The maximum absolute atomic E-state index is 12.5. The number of furan rings is 1. The summed E-state index contributed by atoms with van der Waals surface area (Å²) in [5.74, 6) is 1.99. The first-order valence-corrected chi connectivity index (χ1v) is 11.2. The predicted molar refractivity (Wildman–Crippen MR) is 141 cm³/mol. The maximum Gasteiger partial charge on any atom is 0.289 e. The number of carbonyl (C=O) groups excluding carboxylic acids is 1. The molecular formula is C25H30IN5O3. The molecular weight excluding hydrogens is 545 g/mol. The van der Waals surface area contributed by atoms with Crippen molar-refractivity contribution in [1.29, 1.82) is 0 Å². The van der Waals surface area contributed by atoms with Gasteiger partial charge in [0, 0.05) is 38.9 Å². The van der Waals surface area contributed by atoms with Crippen LogP contribution in [0.5, 0.6) is 5.75 Å². The van der Waals surface area contributed by atoms with Crippen molar-refractivity contribution < 1.29 is 13.9 Å². The van der Waals surface area contributed by atoms with Crippen LogP contribution in [0.25, 0.3) is 0 Å². The van der Waals surface area contributed by atoms with E-state index in [1.807, 2.05) is 47.4 Å². The van der Waals surface area contributed by atoms with Crippen molar-refractivity contribution in [3.05, 3.63) is 84.1 Å². The number of benzene rings is 1. The van der Waals surface area contributed by atoms with Crippen LogP contribution in [0.15, 0.2) is 76.5 Å². The topological polar surface area (TPSA) is 83.2 Å². The van der Waals surface area contributed by atoms with Crippen molar-refractivity contribution >= 4 is 35.8 Å². The molecule has 9 heteroatoms.